The molecule has 0 aliphatic heterocycles. The fraction of sp³-hybridized carbons (Fsp3) is 0.417. The van der Waals surface area contributed by atoms with Crippen molar-refractivity contribution in [2.75, 3.05) is 12.5 Å². The molecule has 1 rings (SSSR count). The van der Waals surface area contributed by atoms with Crippen molar-refractivity contribution in [3.05, 3.63) is 30.1 Å². The summed E-state index contributed by atoms with van der Waals surface area (Å²) in [4.78, 5) is 11.1. The lowest BCUT2D eigenvalue weighted by Crippen LogP contribution is -2.48. The van der Waals surface area contributed by atoms with Gasteiger partial charge in [-0.15, -0.1) is 11.6 Å². The molecule has 0 radical (unpaired) electrons. The zero-order valence-electron chi connectivity index (χ0n) is 9.80. The van der Waals surface area contributed by atoms with Gasteiger partial charge in [0.15, 0.2) is 11.6 Å². The molecular weight excluding hydrogens is 245 g/mol. The zero-order valence-corrected chi connectivity index (χ0v) is 10.6. The lowest BCUT2D eigenvalue weighted by atomic mass is 10.1. The second kappa shape index (κ2) is 5.87. The predicted octanol–water partition coefficient (Wildman–Crippen LogP) is 2.34. The number of hydrogen-bond donors (Lipinski definition) is 1. The van der Waals surface area contributed by atoms with Gasteiger partial charge in [0.2, 0.25) is 5.91 Å². The van der Waals surface area contributed by atoms with Gasteiger partial charge >= 0.3 is 0 Å². The molecule has 0 bridgehead atoms. The Morgan fingerprint density at radius 1 is 1.47 bits per heavy atom. The Hall–Kier alpha value is -1.29. The number of alkyl halides is 1. The second-order valence-corrected chi connectivity index (χ2v) is 4.55. The van der Waals surface area contributed by atoms with E-state index < -0.39 is 11.4 Å². The number of amides is 1. The minimum absolute atomic E-state index is 0.108. The fourth-order valence-corrected chi connectivity index (χ4v) is 1.33. The molecule has 5 heteroatoms. The molecule has 0 aliphatic rings. The van der Waals surface area contributed by atoms with Crippen LogP contribution in [0.5, 0.6) is 5.75 Å². The summed E-state index contributed by atoms with van der Waals surface area (Å²) >= 11 is 5.39. The topological polar surface area (TPSA) is 38.3 Å². The van der Waals surface area contributed by atoms with Crippen LogP contribution in [0.4, 0.5) is 4.39 Å². The third-order valence-electron chi connectivity index (χ3n) is 2.02. The van der Waals surface area contributed by atoms with E-state index in [1.807, 2.05) is 0 Å². The van der Waals surface area contributed by atoms with Gasteiger partial charge in [0.05, 0.1) is 5.54 Å². The van der Waals surface area contributed by atoms with Gasteiger partial charge in [-0.25, -0.2) is 4.39 Å². The van der Waals surface area contributed by atoms with Crippen molar-refractivity contribution in [3.63, 3.8) is 0 Å². The van der Waals surface area contributed by atoms with Crippen LogP contribution in [0.1, 0.15) is 13.8 Å². The molecule has 1 amide bonds. The molecular formula is C12H15ClFNO2. The Bertz CT molecular complexity index is 396. The van der Waals surface area contributed by atoms with Gasteiger partial charge in [0.25, 0.3) is 0 Å². The highest BCUT2D eigenvalue weighted by Gasteiger charge is 2.21. The maximum Gasteiger partial charge on any atom is 0.235 e. The molecule has 1 aromatic carbocycles. The number of ether oxygens (including phenoxy) is 1. The Morgan fingerprint density at radius 2 is 2.12 bits per heavy atom. The van der Waals surface area contributed by atoms with E-state index in [1.165, 1.54) is 12.1 Å². The second-order valence-electron chi connectivity index (χ2n) is 4.28. The standard InChI is InChI=1S/C12H15ClFNO2/c1-12(2,15-11(16)7-13)8-17-10-6-4-3-5-9(10)14/h3-6H,7-8H2,1-2H3,(H,15,16). The molecule has 94 valence electrons. The van der Waals surface area contributed by atoms with Gasteiger partial charge in [-0.1, -0.05) is 12.1 Å². The third kappa shape index (κ3) is 4.61. The third-order valence-corrected chi connectivity index (χ3v) is 2.27. The quantitative estimate of drug-likeness (QED) is 0.825. The smallest absolute Gasteiger partial charge is 0.235 e. The summed E-state index contributed by atoms with van der Waals surface area (Å²) in [5.41, 5.74) is -0.603. The van der Waals surface area contributed by atoms with Crippen molar-refractivity contribution < 1.29 is 13.9 Å². The van der Waals surface area contributed by atoms with E-state index in [4.69, 9.17) is 16.3 Å². The number of benzene rings is 1. The number of carbonyl (C=O) groups is 1. The van der Waals surface area contributed by atoms with E-state index in [1.54, 1.807) is 26.0 Å². The van der Waals surface area contributed by atoms with Crippen LogP contribution < -0.4 is 10.1 Å². The first-order valence-electron chi connectivity index (χ1n) is 5.19. The van der Waals surface area contributed by atoms with Crippen LogP contribution in [0, 0.1) is 5.82 Å². The summed E-state index contributed by atoms with van der Waals surface area (Å²) < 4.78 is 18.6. The molecule has 17 heavy (non-hydrogen) atoms. The molecule has 0 heterocycles. The van der Waals surface area contributed by atoms with Gasteiger partial charge in [0, 0.05) is 0 Å². The first-order valence-corrected chi connectivity index (χ1v) is 5.72. The van der Waals surface area contributed by atoms with Crippen molar-refractivity contribution in [2.24, 2.45) is 0 Å². The zero-order chi connectivity index (χ0) is 12.9. The number of hydrogen-bond acceptors (Lipinski definition) is 2. The number of rotatable bonds is 5. The van der Waals surface area contributed by atoms with Crippen molar-refractivity contribution in [1.82, 2.24) is 5.32 Å². The van der Waals surface area contributed by atoms with Gasteiger partial charge in [-0.3, -0.25) is 4.79 Å². The Labute approximate surface area is 105 Å². The summed E-state index contributed by atoms with van der Waals surface area (Å²) in [6.45, 7) is 3.72. The monoisotopic (exact) mass is 259 g/mol. The normalized spacial score (nSPS) is 11.1. The SMILES string of the molecule is CC(C)(COc1ccccc1F)NC(=O)CCl. The molecule has 0 saturated carbocycles. The van der Waals surface area contributed by atoms with E-state index in [2.05, 4.69) is 5.32 Å². The largest absolute Gasteiger partial charge is 0.488 e. The molecule has 3 nitrogen and oxygen atoms in total. The van der Waals surface area contributed by atoms with Crippen LogP contribution in [0.2, 0.25) is 0 Å². The number of para-hydroxylation sites is 1. The van der Waals surface area contributed by atoms with Crippen molar-refractivity contribution in [2.45, 2.75) is 19.4 Å². The minimum atomic E-state index is -0.603. The summed E-state index contributed by atoms with van der Waals surface area (Å²) in [6, 6.07) is 6.12. The first kappa shape index (κ1) is 13.8. The molecule has 1 aromatic rings. The van der Waals surface area contributed by atoms with Gasteiger partial charge < -0.3 is 10.1 Å². The maximum atomic E-state index is 13.3. The summed E-state index contributed by atoms with van der Waals surface area (Å²) in [6.07, 6.45) is 0. The lowest BCUT2D eigenvalue weighted by molar-refractivity contribution is -0.120. The predicted molar refractivity (Wildman–Crippen MR) is 64.8 cm³/mol. The lowest BCUT2D eigenvalue weighted by Gasteiger charge is -2.26. The molecule has 0 aromatic heterocycles. The van der Waals surface area contributed by atoms with Crippen LogP contribution in [0.25, 0.3) is 0 Å². The molecule has 0 fully saturated rings. The Morgan fingerprint density at radius 3 is 2.71 bits per heavy atom. The van der Waals surface area contributed by atoms with Crippen LogP contribution in [-0.4, -0.2) is 23.9 Å². The van der Waals surface area contributed by atoms with Gasteiger partial charge in [-0.05, 0) is 26.0 Å². The van der Waals surface area contributed by atoms with Crippen molar-refractivity contribution in [3.8, 4) is 5.75 Å². The van der Waals surface area contributed by atoms with Crippen LogP contribution >= 0.6 is 11.6 Å². The molecule has 1 N–H and O–H groups in total. The highest BCUT2D eigenvalue weighted by atomic mass is 35.5. The van der Waals surface area contributed by atoms with Crippen molar-refractivity contribution >= 4 is 17.5 Å². The average Bonchev–Trinajstić information content (AvgIpc) is 2.27. The van der Waals surface area contributed by atoms with Crippen LogP contribution in [0.15, 0.2) is 24.3 Å². The van der Waals surface area contributed by atoms with E-state index in [0.717, 1.165) is 0 Å². The summed E-state index contributed by atoms with van der Waals surface area (Å²) in [5, 5.41) is 2.68. The Kier molecular flexibility index (Phi) is 4.75. The number of halogens is 2. The molecule has 0 atom stereocenters. The fourth-order valence-electron chi connectivity index (χ4n) is 1.27. The maximum absolute atomic E-state index is 13.3. The first-order chi connectivity index (χ1) is 7.94. The van der Waals surface area contributed by atoms with E-state index in [9.17, 15) is 9.18 Å². The van der Waals surface area contributed by atoms with E-state index in [-0.39, 0.29) is 24.1 Å². The number of nitrogens with one attached hydrogen (secondary N) is 1. The van der Waals surface area contributed by atoms with Crippen LogP contribution in [0.3, 0.4) is 0 Å². The molecule has 0 saturated heterocycles. The molecule has 0 aliphatic carbocycles. The summed E-state index contributed by atoms with van der Waals surface area (Å²) in [5.74, 6) is -0.648. The number of carbonyl (C=O) groups excluding carboxylic acids is 1. The van der Waals surface area contributed by atoms with E-state index >= 15 is 0 Å². The molecule has 0 spiro atoms. The Balaban J connectivity index is 2.55. The summed E-state index contributed by atoms with van der Waals surface area (Å²) in [7, 11) is 0. The highest BCUT2D eigenvalue weighted by Crippen LogP contribution is 2.17. The van der Waals surface area contributed by atoms with Gasteiger partial charge in [-0.2, -0.15) is 0 Å². The minimum Gasteiger partial charge on any atom is -0.488 e. The van der Waals surface area contributed by atoms with Crippen molar-refractivity contribution in [1.29, 1.82) is 0 Å². The van der Waals surface area contributed by atoms with Gasteiger partial charge in [0.1, 0.15) is 12.5 Å². The highest BCUT2D eigenvalue weighted by molar-refractivity contribution is 6.27. The van der Waals surface area contributed by atoms with E-state index in [0.29, 0.717) is 0 Å². The average molecular weight is 260 g/mol. The van der Waals surface area contributed by atoms with Crippen LogP contribution in [-0.2, 0) is 4.79 Å². The molecule has 0 unspecified atom stereocenters.